The van der Waals surface area contributed by atoms with Crippen molar-refractivity contribution in [2.45, 2.75) is 12.5 Å². The molecule has 1 heterocycles. The Labute approximate surface area is 185 Å². The van der Waals surface area contributed by atoms with Gasteiger partial charge in [0.15, 0.2) is 11.5 Å². The summed E-state index contributed by atoms with van der Waals surface area (Å²) in [4.78, 5) is 38.8. The van der Waals surface area contributed by atoms with Gasteiger partial charge in [-0.1, -0.05) is 6.07 Å². The summed E-state index contributed by atoms with van der Waals surface area (Å²) in [6.45, 7) is 0.629. The molecule has 0 spiro atoms. The van der Waals surface area contributed by atoms with E-state index in [9.17, 15) is 19.5 Å². The predicted octanol–water partition coefficient (Wildman–Crippen LogP) is 1.80. The third kappa shape index (κ3) is 4.74. The van der Waals surface area contributed by atoms with Crippen LogP contribution in [0.5, 0.6) is 11.5 Å². The maximum atomic E-state index is 12.6. The third-order valence-electron chi connectivity index (χ3n) is 5.21. The SMILES string of the molecule is COCCCN1C(=O)c2ccc(C(=O)NCC(O)c3ccc(OC)c(OC)c3)cc2C1=O. The minimum atomic E-state index is -0.979. The van der Waals surface area contributed by atoms with Crippen molar-refractivity contribution in [3.8, 4) is 11.5 Å². The Morgan fingerprint density at radius 2 is 1.72 bits per heavy atom. The number of hydrogen-bond donors (Lipinski definition) is 2. The van der Waals surface area contributed by atoms with Crippen molar-refractivity contribution in [3.63, 3.8) is 0 Å². The number of methoxy groups -OCH3 is 3. The minimum absolute atomic E-state index is 0.0541. The topological polar surface area (TPSA) is 114 Å². The van der Waals surface area contributed by atoms with Gasteiger partial charge in [-0.05, 0) is 42.3 Å². The Kier molecular flexibility index (Phi) is 7.45. The molecule has 9 heteroatoms. The van der Waals surface area contributed by atoms with Gasteiger partial charge in [-0.2, -0.15) is 0 Å². The monoisotopic (exact) mass is 442 g/mol. The second kappa shape index (κ2) is 10.3. The number of aliphatic hydroxyl groups excluding tert-OH is 1. The van der Waals surface area contributed by atoms with Crippen LogP contribution in [-0.2, 0) is 4.74 Å². The van der Waals surface area contributed by atoms with Crippen LogP contribution in [0.3, 0.4) is 0 Å². The lowest BCUT2D eigenvalue weighted by Crippen LogP contribution is -2.31. The number of ether oxygens (including phenoxy) is 3. The highest BCUT2D eigenvalue weighted by atomic mass is 16.5. The molecule has 3 amide bonds. The molecule has 3 rings (SSSR count). The second-order valence-corrected chi connectivity index (χ2v) is 7.21. The van der Waals surface area contributed by atoms with E-state index in [1.807, 2.05) is 0 Å². The molecule has 0 fully saturated rings. The zero-order valence-electron chi connectivity index (χ0n) is 18.2. The molecule has 32 heavy (non-hydrogen) atoms. The molecule has 1 atom stereocenters. The summed E-state index contributed by atoms with van der Waals surface area (Å²) in [6.07, 6.45) is -0.448. The molecule has 9 nitrogen and oxygen atoms in total. The maximum absolute atomic E-state index is 12.6. The van der Waals surface area contributed by atoms with Crippen molar-refractivity contribution < 1.29 is 33.7 Å². The lowest BCUT2D eigenvalue weighted by atomic mass is 10.0. The highest BCUT2D eigenvalue weighted by molar-refractivity contribution is 6.22. The highest BCUT2D eigenvalue weighted by Gasteiger charge is 2.35. The molecular weight excluding hydrogens is 416 g/mol. The molecule has 0 bridgehead atoms. The van der Waals surface area contributed by atoms with E-state index < -0.39 is 17.9 Å². The van der Waals surface area contributed by atoms with Crippen LogP contribution < -0.4 is 14.8 Å². The first-order valence-electron chi connectivity index (χ1n) is 10.1. The zero-order valence-corrected chi connectivity index (χ0v) is 18.2. The number of rotatable bonds is 10. The Balaban J connectivity index is 1.66. The molecule has 2 aromatic rings. The van der Waals surface area contributed by atoms with Crippen LogP contribution in [0, 0.1) is 0 Å². The molecule has 1 aliphatic heterocycles. The molecule has 1 aliphatic rings. The fraction of sp³-hybridized carbons (Fsp3) is 0.348. The number of amides is 3. The van der Waals surface area contributed by atoms with Gasteiger partial charge in [-0.3, -0.25) is 19.3 Å². The Hall–Kier alpha value is -3.43. The molecule has 0 radical (unpaired) electrons. The summed E-state index contributed by atoms with van der Waals surface area (Å²) in [5.74, 6) is -0.281. The van der Waals surface area contributed by atoms with Gasteiger partial charge in [-0.15, -0.1) is 0 Å². The van der Waals surface area contributed by atoms with Crippen LogP contribution in [0.2, 0.25) is 0 Å². The van der Waals surface area contributed by atoms with Crippen molar-refractivity contribution in [1.82, 2.24) is 10.2 Å². The number of imide groups is 1. The normalized spacial score (nSPS) is 13.7. The van der Waals surface area contributed by atoms with Gasteiger partial charge in [0.1, 0.15) is 0 Å². The molecule has 2 aromatic carbocycles. The van der Waals surface area contributed by atoms with Crippen molar-refractivity contribution in [2.24, 2.45) is 0 Å². The van der Waals surface area contributed by atoms with Gasteiger partial charge in [0.25, 0.3) is 17.7 Å². The van der Waals surface area contributed by atoms with Crippen molar-refractivity contribution in [2.75, 3.05) is 41.0 Å². The van der Waals surface area contributed by atoms with E-state index in [0.717, 1.165) is 4.90 Å². The number of benzene rings is 2. The summed E-state index contributed by atoms with van der Waals surface area (Å²) in [6, 6.07) is 9.35. The molecule has 0 aromatic heterocycles. The Morgan fingerprint density at radius 3 is 2.41 bits per heavy atom. The average molecular weight is 442 g/mol. The van der Waals surface area contributed by atoms with E-state index in [2.05, 4.69) is 5.32 Å². The van der Waals surface area contributed by atoms with E-state index in [1.54, 1.807) is 25.3 Å². The second-order valence-electron chi connectivity index (χ2n) is 7.21. The first-order chi connectivity index (χ1) is 15.4. The van der Waals surface area contributed by atoms with E-state index in [4.69, 9.17) is 14.2 Å². The zero-order chi connectivity index (χ0) is 23.3. The molecule has 0 saturated heterocycles. The number of nitrogens with zero attached hydrogens (tertiary/aromatic N) is 1. The van der Waals surface area contributed by atoms with Gasteiger partial charge < -0.3 is 24.6 Å². The van der Waals surface area contributed by atoms with E-state index in [-0.39, 0.29) is 35.7 Å². The summed E-state index contributed by atoms with van der Waals surface area (Å²) in [7, 11) is 4.56. The van der Waals surface area contributed by atoms with Crippen LogP contribution >= 0.6 is 0 Å². The van der Waals surface area contributed by atoms with Crippen molar-refractivity contribution in [1.29, 1.82) is 0 Å². The van der Waals surface area contributed by atoms with Crippen molar-refractivity contribution >= 4 is 17.7 Å². The maximum Gasteiger partial charge on any atom is 0.261 e. The Morgan fingerprint density at radius 1 is 1.00 bits per heavy atom. The van der Waals surface area contributed by atoms with Gasteiger partial charge in [0.2, 0.25) is 0 Å². The van der Waals surface area contributed by atoms with Crippen LogP contribution in [0.15, 0.2) is 36.4 Å². The number of carbonyl (C=O) groups excluding carboxylic acids is 3. The molecule has 170 valence electrons. The largest absolute Gasteiger partial charge is 0.493 e. The molecular formula is C23H26N2O7. The standard InChI is InChI=1S/C23H26N2O7/c1-30-10-4-9-25-22(28)16-7-5-15(11-17(16)23(25)29)21(27)24-13-18(26)14-6-8-19(31-2)20(12-14)32-3/h5-8,11-12,18,26H,4,9-10,13H2,1-3H3,(H,24,27). The van der Waals surface area contributed by atoms with Crippen LogP contribution in [0.25, 0.3) is 0 Å². The lowest BCUT2D eigenvalue weighted by molar-refractivity contribution is 0.0638. The molecule has 1 unspecified atom stereocenters. The van der Waals surface area contributed by atoms with E-state index in [1.165, 1.54) is 32.4 Å². The van der Waals surface area contributed by atoms with Gasteiger partial charge in [-0.25, -0.2) is 0 Å². The van der Waals surface area contributed by atoms with E-state index in [0.29, 0.717) is 30.1 Å². The fourth-order valence-corrected chi connectivity index (χ4v) is 3.47. The van der Waals surface area contributed by atoms with Crippen molar-refractivity contribution in [3.05, 3.63) is 58.7 Å². The van der Waals surface area contributed by atoms with Crippen LogP contribution in [0.1, 0.15) is 49.2 Å². The van der Waals surface area contributed by atoms with Gasteiger partial charge in [0.05, 0.1) is 31.5 Å². The van der Waals surface area contributed by atoms with E-state index >= 15 is 0 Å². The molecule has 0 aliphatic carbocycles. The minimum Gasteiger partial charge on any atom is -0.493 e. The van der Waals surface area contributed by atoms with Crippen LogP contribution in [-0.4, -0.2) is 68.8 Å². The third-order valence-corrected chi connectivity index (χ3v) is 5.21. The number of fused-ring (bicyclic) bond motifs is 1. The molecule has 0 saturated carbocycles. The van der Waals surface area contributed by atoms with Gasteiger partial charge >= 0.3 is 0 Å². The average Bonchev–Trinajstić information content (AvgIpc) is 3.06. The quantitative estimate of drug-likeness (QED) is 0.426. The number of hydrogen-bond acceptors (Lipinski definition) is 7. The highest BCUT2D eigenvalue weighted by Crippen LogP contribution is 2.30. The Bertz CT molecular complexity index is 1020. The molecule has 2 N–H and O–H groups in total. The van der Waals surface area contributed by atoms with Crippen LogP contribution in [0.4, 0.5) is 0 Å². The van der Waals surface area contributed by atoms with Gasteiger partial charge in [0, 0.05) is 32.4 Å². The summed E-state index contributed by atoms with van der Waals surface area (Å²) >= 11 is 0. The fourth-order valence-electron chi connectivity index (χ4n) is 3.47. The number of carbonyl (C=O) groups is 3. The summed E-state index contributed by atoms with van der Waals surface area (Å²) in [5, 5.41) is 13.1. The summed E-state index contributed by atoms with van der Waals surface area (Å²) in [5.41, 5.74) is 1.24. The number of nitrogens with one attached hydrogen (secondary N) is 1. The smallest absolute Gasteiger partial charge is 0.261 e. The first-order valence-corrected chi connectivity index (χ1v) is 10.1. The summed E-state index contributed by atoms with van der Waals surface area (Å²) < 4.78 is 15.4. The number of aliphatic hydroxyl groups is 1. The predicted molar refractivity (Wildman–Crippen MR) is 115 cm³/mol. The lowest BCUT2D eigenvalue weighted by Gasteiger charge is -2.15. The first kappa shape index (κ1) is 23.2.